The number of nitrogens with zero attached hydrogens (tertiary/aromatic N) is 4. The Kier molecular flexibility index (Phi) is 28.5. The van der Waals surface area contributed by atoms with E-state index in [4.69, 9.17) is 18.9 Å². The largest absolute Gasteiger partial charge is 4.00 e. The molecule has 4 rings (SSSR count). The molecule has 0 atom stereocenters. The summed E-state index contributed by atoms with van der Waals surface area (Å²) in [6, 6.07) is 20.1. The Morgan fingerprint density at radius 1 is 0.450 bits per heavy atom. The minimum Gasteiger partial charge on any atom is -2.00 e. The van der Waals surface area contributed by atoms with E-state index in [9.17, 15) is 45.6 Å². The summed E-state index contributed by atoms with van der Waals surface area (Å²) in [6.07, 6.45) is 6.02. The van der Waals surface area contributed by atoms with E-state index in [2.05, 4.69) is 20.0 Å². The van der Waals surface area contributed by atoms with E-state index in [-0.39, 0.29) is 99.5 Å². The van der Waals surface area contributed by atoms with Gasteiger partial charge in [-0.25, -0.2) is 0 Å². The molecule has 4 aromatic rings. The summed E-state index contributed by atoms with van der Waals surface area (Å²) in [5, 5.41) is 47.6. The predicted octanol–water partition coefficient (Wildman–Crippen LogP) is 5.09. The van der Waals surface area contributed by atoms with Crippen LogP contribution in [0.5, 0.6) is 46.0 Å². The standard InChI is InChI=1S/2C18H20N2O4.F6P.H2O.2O.2V/c2*1-23-15-7-3-5-13(17(15)21)11-19-9-10-20-12-14-6-4-8-16(24-2)18(14)22;1-7(2,3,4,5)6;;;;;/h2*3-8,11-12,21-22H,9-10H2,1-2H3;;1H2;;;;/q;;-1;;2*-2;;+4/p-4. The van der Waals surface area contributed by atoms with E-state index in [1.54, 1.807) is 72.8 Å². The maximum atomic E-state index is 11.9. The Morgan fingerprint density at radius 2 is 0.617 bits per heavy atom. The van der Waals surface area contributed by atoms with Crippen LogP contribution in [-0.4, -0.2) is 85.0 Å². The van der Waals surface area contributed by atoms with E-state index in [1.807, 2.05) is 0 Å². The average molecular weight is 950 g/mol. The first kappa shape index (κ1) is 61.7. The van der Waals surface area contributed by atoms with Gasteiger partial charge in [-0.05, 0) is 46.5 Å². The van der Waals surface area contributed by atoms with Gasteiger partial charge < -0.3 is 55.8 Å². The summed E-state index contributed by atoms with van der Waals surface area (Å²) in [7, 11) is -4.84. The van der Waals surface area contributed by atoms with Crippen molar-refractivity contribution >= 4 is 32.7 Å². The Bertz CT molecular complexity index is 1740. The second-order valence-corrected chi connectivity index (χ2v) is 12.5. The number of para-hydroxylation sites is 4. The van der Waals surface area contributed by atoms with Gasteiger partial charge in [0, 0.05) is 43.4 Å². The summed E-state index contributed by atoms with van der Waals surface area (Å²) in [5.74, 6) is 0.380. The molecule has 330 valence electrons. The fourth-order valence-electron chi connectivity index (χ4n) is 4.06. The molecule has 0 unspecified atom stereocenters. The zero-order valence-electron chi connectivity index (χ0n) is 32.0. The van der Waals surface area contributed by atoms with E-state index in [0.717, 1.165) is 0 Å². The molecule has 0 spiro atoms. The zero-order valence-corrected chi connectivity index (χ0v) is 35.7. The number of hydrogen-bond acceptors (Lipinski definition) is 12. The van der Waals surface area contributed by atoms with Gasteiger partial charge in [0.05, 0.1) is 54.6 Å². The molecule has 15 nitrogen and oxygen atoms in total. The summed E-state index contributed by atoms with van der Waals surface area (Å²) in [5.41, 5.74) is 1.86. The maximum Gasteiger partial charge on any atom is 4.00 e. The molecule has 4 aromatic carbocycles. The number of halogens is 6. The van der Waals surface area contributed by atoms with Crippen LogP contribution in [0.3, 0.4) is 0 Å². The Labute approximate surface area is 365 Å². The van der Waals surface area contributed by atoms with Crippen LogP contribution >= 0.6 is 7.81 Å². The fourth-order valence-corrected chi connectivity index (χ4v) is 4.06. The van der Waals surface area contributed by atoms with Crippen molar-refractivity contribution in [3.05, 3.63) is 95.1 Å². The van der Waals surface area contributed by atoms with Crippen LogP contribution < -0.4 is 39.4 Å². The molecule has 0 amide bonds. The van der Waals surface area contributed by atoms with Crippen LogP contribution in [0.2, 0.25) is 0 Å². The predicted molar refractivity (Wildman–Crippen MR) is 198 cm³/mol. The van der Waals surface area contributed by atoms with Crippen LogP contribution in [-0.2, 0) is 48.1 Å². The second kappa shape index (κ2) is 27.7. The number of rotatable bonds is 14. The molecule has 0 heterocycles. The average Bonchev–Trinajstić information content (AvgIpc) is 3.12. The van der Waals surface area contributed by atoms with E-state index < -0.39 is 7.81 Å². The number of aliphatic imine (C=N–C) groups is 4. The molecule has 0 aromatic heterocycles. The Hall–Kier alpha value is -4.98. The molecule has 0 aliphatic heterocycles. The van der Waals surface area contributed by atoms with Crippen LogP contribution in [0, 0.1) is 0 Å². The third-order valence-electron chi connectivity index (χ3n) is 6.55. The van der Waals surface area contributed by atoms with Gasteiger partial charge in [0.1, 0.15) is 23.0 Å². The van der Waals surface area contributed by atoms with Crippen LogP contribution in [0.4, 0.5) is 25.2 Å². The molecule has 0 fully saturated rings. The van der Waals surface area contributed by atoms with Gasteiger partial charge >= 0.3 is 51.5 Å². The van der Waals surface area contributed by atoms with Crippen molar-refractivity contribution in [1.29, 1.82) is 0 Å². The van der Waals surface area contributed by atoms with E-state index in [0.29, 0.717) is 48.4 Å². The summed E-state index contributed by atoms with van der Waals surface area (Å²) < 4.78 is 79.1. The van der Waals surface area contributed by atoms with Crippen molar-refractivity contribution in [1.82, 2.24) is 0 Å². The first-order chi connectivity index (χ1) is 25.8. The van der Waals surface area contributed by atoms with Gasteiger partial charge in [-0.15, -0.1) is 0 Å². The van der Waals surface area contributed by atoms with Crippen molar-refractivity contribution in [2.24, 2.45) is 20.0 Å². The molecule has 2 N–H and O–H groups in total. The molecular weight excluding hydrogens is 911 g/mol. The molecule has 0 aliphatic rings. The zero-order chi connectivity index (χ0) is 41.1. The molecule has 60 heavy (non-hydrogen) atoms. The van der Waals surface area contributed by atoms with E-state index >= 15 is 0 Å². The van der Waals surface area contributed by atoms with Crippen molar-refractivity contribution in [3.63, 3.8) is 0 Å². The number of methoxy groups -OCH3 is 4. The van der Waals surface area contributed by atoms with Crippen LogP contribution in [0.15, 0.2) is 92.8 Å². The first-order valence-corrected chi connectivity index (χ1v) is 17.7. The summed E-state index contributed by atoms with van der Waals surface area (Å²) >= 11 is 0. The minimum absolute atomic E-state index is 0. The first-order valence-electron chi connectivity index (χ1n) is 15.7. The van der Waals surface area contributed by atoms with Gasteiger partial charge in [0.15, 0.2) is 0 Å². The van der Waals surface area contributed by atoms with Crippen LogP contribution in [0.25, 0.3) is 0 Å². The molecule has 2 radical (unpaired) electrons. The topological polar surface area (TPSA) is 267 Å². The fraction of sp³-hybridized carbons (Fsp3) is 0.222. The molecule has 0 bridgehead atoms. The van der Waals surface area contributed by atoms with Crippen molar-refractivity contribution in [2.75, 3.05) is 54.6 Å². The van der Waals surface area contributed by atoms with Gasteiger partial charge in [-0.3, -0.25) is 20.0 Å². The normalized spacial score (nSPS) is 11.7. The van der Waals surface area contributed by atoms with Gasteiger partial charge in [0.2, 0.25) is 0 Å². The second-order valence-electron chi connectivity index (χ2n) is 10.6. The quantitative estimate of drug-likeness (QED) is 0.0709. The van der Waals surface area contributed by atoms with Crippen LogP contribution in [0.1, 0.15) is 22.3 Å². The van der Waals surface area contributed by atoms with Gasteiger partial charge in [0.25, 0.3) is 0 Å². The molecule has 24 heteroatoms. The maximum absolute atomic E-state index is 11.9. The number of ether oxygens (including phenoxy) is 4. The Balaban J connectivity index is -0.000000421. The van der Waals surface area contributed by atoms with E-state index in [1.165, 1.54) is 53.3 Å². The van der Waals surface area contributed by atoms with Crippen molar-refractivity contribution < 1.29 is 118 Å². The third kappa shape index (κ3) is 24.2. The molecule has 0 saturated carbocycles. The monoisotopic (exact) mass is 949 g/mol. The van der Waals surface area contributed by atoms with Gasteiger partial charge in [-0.1, -0.05) is 71.5 Å². The number of hydrogen-bond donors (Lipinski definition) is 0. The smallest absolute Gasteiger partial charge is 2.00 e. The van der Waals surface area contributed by atoms with Crippen molar-refractivity contribution in [3.8, 4) is 46.0 Å². The van der Waals surface area contributed by atoms with Gasteiger partial charge in [-0.2, -0.15) is 0 Å². The SMILES string of the molecule is COc1cccc(C=NCCN=Cc2cccc(OC)c2[O-])c1[O-].COc1cccc(C=NCCN=Cc2cccc(OC)c2[O-])c1[O-].F[P-](F)(F)(F)(F)F.O.[O-2].[O-2].[V+4].[V]. The third-order valence-corrected chi connectivity index (χ3v) is 6.55. The number of benzene rings is 4. The summed E-state index contributed by atoms with van der Waals surface area (Å²) in [4.78, 5) is 16.7. The van der Waals surface area contributed by atoms with Crippen molar-refractivity contribution in [2.45, 2.75) is 0 Å². The molecule has 0 aliphatic carbocycles. The molecular formula is C36H38F6N4O11PV2-5. The minimum atomic E-state index is -10.7. The Morgan fingerprint density at radius 3 is 0.767 bits per heavy atom. The molecule has 0 saturated heterocycles. The summed E-state index contributed by atoms with van der Waals surface area (Å²) in [6.45, 7) is 1.63.